The number of hydrogen-bond acceptors (Lipinski definition) is 3. The van der Waals surface area contributed by atoms with E-state index in [-0.39, 0.29) is 5.91 Å². The van der Waals surface area contributed by atoms with Crippen LogP contribution in [0.25, 0.3) is 0 Å². The average Bonchev–Trinajstić information content (AvgIpc) is 3.22. The maximum absolute atomic E-state index is 11.3. The van der Waals surface area contributed by atoms with Gasteiger partial charge in [0.15, 0.2) is 0 Å². The van der Waals surface area contributed by atoms with Gasteiger partial charge in [0.05, 0.1) is 0 Å². The van der Waals surface area contributed by atoms with E-state index < -0.39 is 0 Å². The van der Waals surface area contributed by atoms with Gasteiger partial charge >= 0.3 is 0 Å². The van der Waals surface area contributed by atoms with Crippen molar-refractivity contribution in [3.05, 3.63) is 64.2 Å². The van der Waals surface area contributed by atoms with Crippen molar-refractivity contribution in [2.24, 2.45) is 0 Å². The number of piperazine rings is 1. The summed E-state index contributed by atoms with van der Waals surface area (Å²) >= 11 is 0. The van der Waals surface area contributed by atoms with Gasteiger partial charge in [0.2, 0.25) is 0 Å². The highest BCUT2D eigenvalue weighted by Crippen LogP contribution is 2.44. The monoisotopic (exact) mass is 495 g/mol. The molecule has 0 saturated carbocycles. The van der Waals surface area contributed by atoms with E-state index in [0.29, 0.717) is 0 Å². The number of nitrogens with one attached hydrogen (secondary N) is 1. The van der Waals surface area contributed by atoms with Gasteiger partial charge in [-0.1, -0.05) is 71.7 Å². The SMILES string of the molecule is CC.CCC.CC[C@@H]1C[C@@H](C)c2cc(N3CCN(C)CC3)ccc21.CNC(=O)c1cc(C)ccc1C. The smallest absolute Gasteiger partial charge is 0.251 e. The number of fused-ring (bicyclic) bond motifs is 1. The maximum atomic E-state index is 11.3. The number of nitrogens with zero attached hydrogens (tertiary/aromatic N) is 2. The van der Waals surface area contributed by atoms with Crippen molar-refractivity contribution in [3.8, 4) is 0 Å². The maximum Gasteiger partial charge on any atom is 0.251 e. The van der Waals surface area contributed by atoms with Crippen molar-refractivity contribution in [2.75, 3.05) is 45.2 Å². The number of likely N-dealkylation sites (N-methyl/N-ethyl adjacent to an activating group) is 1. The van der Waals surface area contributed by atoms with Gasteiger partial charge in [0.25, 0.3) is 5.91 Å². The number of benzene rings is 2. The lowest BCUT2D eigenvalue weighted by atomic mass is 9.98. The molecule has 4 nitrogen and oxygen atoms in total. The summed E-state index contributed by atoms with van der Waals surface area (Å²) in [7, 11) is 3.86. The van der Waals surface area contributed by atoms with Gasteiger partial charge in [-0.2, -0.15) is 0 Å². The lowest BCUT2D eigenvalue weighted by Gasteiger charge is -2.34. The number of carbonyl (C=O) groups is 1. The predicted octanol–water partition coefficient (Wildman–Crippen LogP) is 7.54. The lowest BCUT2D eigenvalue weighted by Crippen LogP contribution is -2.44. The van der Waals surface area contributed by atoms with Crippen LogP contribution in [0.4, 0.5) is 5.69 Å². The van der Waals surface area contributed by atoms with Gasteiger partial charge in [-0.3, -0.25) is 4.79 Å². The van der Waals surface area contributed by atoms with Crippen LogP contribution in [0.2, 0.25) is 0 Å². The molecule has 2 aromatic carbocycles. The summed E-state index contributed by atoms with van der Waals surface area (Å²) in [4.78, 5) is 16.2. The molecule has 4 rings (SSSR count). The minimum absolute atomic E-state index is 0.0174. The van der Waals surface area contributed by atoms with Crippen molar-refractivity contribution < 1.29 is 4.79 Å². The first-order chi connectivity index (χ1) is 17.2. The molecule has 1 fully saturated rings. The van der Waals surface area contributed by atoms with Crippen molar-refractivity contribution in [3.63, 3.8) is 0 Å². The average molecular weight is 496 g/mol. The quantitative estimate of drug-likeness (QED) is 0.477. The Labute approximate surface area is 222 Å². The Morgan fingerprint density at radius 2 is 1.56 bits per heavy atom. The van der Waals surface area contributed by atoms with Crippen molar-refractivity contribution in [1.82, 2.24) is 10.2 Å². The molecule has 1 heterocycles. The van der Waals surface area contributed by atoms with E-state index in [9.17, 15) is 4.79 Å². The van der Waals surface area contributed by atoms with Gasteiger partial charge in [-0.05, 0) is 80.5 Å². The molecule has 0 spiro atoms. The normalized spacial score (nSPS) is 18.4. The summed E-state index contributed by atoms with van der Waals surface area (Å²) in [5, 5.41) is 2.61. The number of aryl methyl sites for hydroxylation is 2. The Bertz CT molecular complexity index is 916. The van der Waals surface area contributed by atoms with Crippen LogP contribution in [-0.4, -0.2) is 51.1 Å². The van der Waals surface area contributed by atoms with E-state index in [1.165, 1.54) is 51.1 Å². The number of rotatable bonds is 3. The van der Waals surface area contributed by atoms with E-state index in [1.54, 1.807) is 18.2 Å². The molecule has 0 unspecified atom stereocenters. The standard InChI is InChI=1S/C17H26N2.C10H13NO.C3H8.C2H6/c1-4-14-11-13(2)17-12-15(5-6-16(14)17)19-9-7-18(3)8-10-19;1-7-4-5-8(2)9(6-7)10(12)11-3;1-3-2;1-2/h5-6,12-14H,4,7-11H2,1-3H3;4-6H,1-3H3,(H,11,12);3H2,1-2H3;1-2H3/t13-,14-;;;/m1.../s1. The van der Waals surface area contributed by atoms with Gasteiger partial charge in [-0.15, -0.1) is 0 Å². The lowest BCUT2D eigenvalue weighted by molar-refractivity contribution is 0.0962. The van der Waals surface area contributed by atoms with Crippen LogP contribution >= 0.6 is 0 Å². The molecule has 0 bridgehead atoms. The summed E-state index contributed by atoms with van der Waals surface area (Å²) in [5.74, 6) is 1.52. The van der Waals surface area contributed by atoms with E-state index in [1.807, 2.05) is 45.9 Å². The summed E-state index contributed by atoms with van der Waals surface area (Å²) in [6.07, 6.45) is 3.88. The van der Waals surface area contributed by atoms with Crippen molar-refractivity contribution in [2.45, 2.75) is 86.5 Å². The van der Waals surface area contributed by atoms with E-state index in [4.69, 9.17) is 0 Å². The fourth-order valence-electron chi connectivity index (χ4n) is 4.80. The first-order valence-electron chi connectivity index (χ1n) is 14.1. The Morgan fingerprint density at radius 1 is 0.944 bits per heavy atom. The zero-order chi connectivity index (χ0) is 27.3. The highest BCUT2D eigenvalue weighted by Gasteiger charge is 2.27. The summed E-state index contributed by atoms with van der Waals surface area (Å²) in [5.41, 5.74) is 7.56. The van der Waals surface area contributed by atoms with Crippen molar-refractivity contribution >= 4 is 11.6 Å². The largest absolute Gasteiger partial charge is 0.369 e. The molecule has 1 N–H and O–H groups in total. The zero-order valence-electron chi connectivity index (χ0n) is 24.9. The zero-order valence-corrected chi connectivity index (χ0v) is 24.9. The molecule has 0 aromatic heterocycles. The van der Waals surface area contributed by atoms with Crippen LogP contribution in [0.5, 0.6) is 0 Å². The molecule has 2 aliphatic rings. The molecular weight excluding hydrogens is 442 g/mol. The second kappa shape index (κ2) is 16.4. The molecule has 1 aliphatic carbocycles. The van der Waals surface area contributed by atoms with E-state index in [2.05, 4.69) is 68.1 Å². The Morgan fingerprint density at radius 3 is 2.11 bits per heavy atom. The minimum Gasteiger partial charge on any atom is -0.369 e. The number of amides is 1. The molecule has 0 radical (unpaired) electrons. The Hall–Kier alpha value is -2.33. The van der Waals surface area contributed by atoms with Crippen LogP contribution in [-0.2, 0) is 0 Å². The molecule has 36 heavy (non-hydrogen) atoms. The summed E-state index contributed by atoms with van der Waals surface area (Å²) in [6.45, 7) is 21.6. The molecule has 2 atom stereocenters. The van der Waals surface area contributed by atoms with Crippen LogP contribution < -0.4 is 10.2 Å². The van der Waals surface area contributed by atoms with Crippen LogP contribution in [0, 0.1) is 13.8 Å². The molecule has 1 amide bonds. The number of hydrogen-bond donors (Lipinski definition) is 1. The molecule has 202 valence electrons. The predicted molar refractivity (Wildman–Crippen MR) is 159 cm³/mol. The summed E-state index contributed by atoms with van der Waals surface area (Å²) < 4.78 is 0. The Kier molecular flexibility index (Phi) is 14.5. The van der Waals surface area contributed by atoms with Crippen LogP contribution in [0.3, 0.4) is 0 Å². The molecule has 2 aromatic rings. The van der Waals surface area contributed by atoms with Gasteiger partial charge < -0.3 is 15.1 Å². The highest BCUT2D eigenvalue weighted by atomic mass is 16.1. The summed E-state index contributed by atoms with van der Waals surface area (Å²) in [6, 6.07) is 13.1. The number of carbonyl (C=O) groups excluding carboxylic acids is 1. The second-order valence-corrected chi connectivity index (χ2v) is 9.95. The first-order valence-corrected chi connectivity index (χ1v) is 14.1. The fraction of sp³-hybridized carbons (Fsp3) is 0.594. The fourth-order valence-corrected chi connectivity index (χ4v) is 4.80. The molecule has 4 heteroatoms. The molecule has 1 saturated heterocycles. The van der Waals surface area contributed by atoms with Gasteiger partial charge in [0.1, 0.15) is 0 Å². The third-order valence-electron chi connectivity index (χ3n) is 6.91. The third kappa shape index (κ3) is 8.96. The van der Waals surface area contributed by atoms with Gasteiger partial charge in [0, 0.05) is 44.5 Å². The van der Waals surface area contributed by atoms with Crippen LogP contribution in [0.1, 0.15) is 105 Å². The minimum atomic E-state index is -0.0174. The van der Waals surface area contributed by atoms with Crippen LogP contribution in [0.15, 0.2) is 36.4 Å². The van der Waals surface area contributed by atoms with E-state index in [0.717, 1.165) is 28.5 Å². The highest BCUT2D eigenvalue weighted by molar-refractivity contribution is 5.95. The van der Waals surface area contributed by atoms with Crippen molar-refractivity contribution in [1.29, 1.82) is 0 Å². The first kappa shape index (κ1) is 31.7. The van der Waals surface area contributed by atoms with Gasteiger partial charge in [-0.25, -0.2) is 0 Å². The topological polar surface area (TPSA) is 35.6 Å². The second-order valence-electron chi connectivity index (χ2n) is 9.95. The number of anilines is 1. The van der Waals surface area contributed by atoms with E-state index >= 15 is 0 Å². The molecular formula is C32H53N3O. The Balaban J connectivity index is 0.000000329. The molecule has 1 aliphatic heterocycles. The third-order valence-corrected chi connectivity index (χ3v) is 6.91.